The van der Waals surface area contributed by atoms with Crippen LogP contribution in [0.3, 0.4) is 0 Å². The molecule has 2 aromatic carbocycles. The van der Waals surface area contributed by atoms with Crippen molar-refractivity contribution in [1.82, 2.24) is 0 Å². The first kappa shape index (κ1) is 18.0. The summed E-state index contributed by atoms with van der Waals surface area (Å²) in [7, 11) is 0. The van der Waals surface area contributed by atoms with Gasteiger partial charge in [0.1, 0.15) is 11.6 Å². The fourth-order valence-corrected chi connectivity index (χ4v) is 3.16. The number of benzene rings is 2. The number of ether oxygens (including phenoxy) is 1. The molecule has 3 rings (SSSR count). The van der Waals surface area contributed by atoms with E-state index >= 15 is 0 Å². The Hall–Kier alpha value is -2.80. The van der Waals surface area contributed by atoms with E-state index in [1.54, 1.807) is 0 Å². The van der Waals surface area contributed by atoms with Gasteiger partial charge in [0.05, 0.1) is 11.0 Å². The number of aromatic carboxylic acids is 1. The first-order valence-corrected chi connectivity index (χ1v) is 8.10. The van der Waals surface area contributed by atoms with Gasteiger partial charge in [0.15, 0.2) is 0 Å². The smallest absolute Gasteiger partial charge is 0.335 e. The molecule has 0 spiro atoms. The highest BCUT2D eigenvalue weighted by atomic mass is 19.1. The van der Waals surface area contributed by atoms with Crippen LogP contribution in [0.1, 0.15) is 28.8 Å². The van der Waals surface area contributed by atoms with Crippen molar-refractivity contribution in [3.05, 3.63) is 65.2 Å². The number of anilines is 1. The van der Waals surface area contributed by atoms with E-state index in [-0.39, 0.29) is 37.2 Å². The number of halogens is 2. The molecule has 1 amide bonds. The molecule has 2 N–H and O–H groups in total. The summed E-state index contributed by atoms with van der Waals surface area (Å²) in [6.07, 6.45) is 0.517. The second-order valence-corrected chi connectivity index (χ2v) is 6.16. The van der Waals surface area contributed by atoms with Crippen LogP contribution in [0.4, 0.5) is 14.5 Å². The number of hydrogen-bond acceptors (Lipinski definition) is 3. The maximum atomic E-state index is 14.4. The van der Waals surface area contributed by atoms with Crippen LogP contribution >= 0.6 is 0 Å². The zero-order chi connectivity index (χ0) is 18.7. The molecule has 0 aromatic heterocycles. The summed E-state index contributed by atoms with van der Waals surface area (Å²) in [5.74, 6) is -2.99. The lowest BCUT2D eigenvalue weighted by Gasteiger charge is -2.36. The number of nitrogens with one attached hydrogen (secondary N) is 1. The molecule has 7 heteroatoms. The van der Waals surface area contributed by atoms with Gasteiger partial charge in [0.25, 0.3) is 0 Å². The minimum Gasteiger partial charge on any atom is -0.478 e. The summed E-state index contributed by atoms with van der Waals surface area (Å²) in [5.41, 5.74) is -0.565. The van der Waals surface area contributed by atoms with Crippen LogP contribution in [0.15, 0.2) is 42.5 Å². The van der Waals surface area contributed by atoms with E-state index in [0.29, 0.717) is 5.69 Å². The third-order valence-electron chi connectivity index (χ3n) is 4.62. The fraction of sp³-hybridized carbons (Fsp3) is 0.263. The van der Waals surface area contributed by atoms with Crippen LogP contribution in [0.2, 0.25) is 0 Å². The Morgan fingerprint density at radius 1 is 1.04 bits per heavy atom. The quantitative estimate of drug-likeness (QED) is 0.876. The number of hydrogen-bond donors (Lipinski definition) is 2. The highest BCUT2D eigenvalue weighted by Crippen LogP contribution is 2.37. The molecule has 1 fully saturated rings. The van der Waals surface area contributed by atoms with Crippen molar-refractivity contribution >= 4 is 17.6 Å². The predicted molar refractivity (Wildman–Crippen MR) is 90.1 cm³/mol. The summed E-state index contributed by atoms with van der Waals surface area (Å²) < 4.78 is 33.0. The largest absolute Gasteiger partial charge is 0.478 e. The Kier molecular flexibility index (Phi) is 4.99. The van der Waals surface area contributed by atoms with E-state index in [1.165, 1.54) is 30.3 Å². The molecule has 5 nitrogen and oxygen atoms in total. The van der Waals surface area contributed by atoms with Gasteiger partial charge in [-0.05, 0) is 43.2 Å². The fourth-order valence-electron chi connectivity index (χ4n) is 3.16. The number of carbonyl (C=O) groups is 2. The average molecular weight is 361 g/mol. The number of carboxylic acid groups (broad SMARTS) is 1. The molecule has 2 aromatic rings. The molecule has 1 aliphatic rings. The van der Waals surface area contributed by atoms with Gasteiger partial charge >= 0.3 is 5.97 Å². The normalized spacial score (nSPS) is 16.1. The highest BCUT2D eigenvalue weighted by Gasteiger charge is 2.43. The Morgan fingerprint density at radius 3 is 2.27 bits per heavy atom. The van der Waals surface area contributed by atoms with E-state index < -0.39 is 28.9 Å². The Bertz CT molecular complexity index is 830. The first-order chi connectivity index (χ1) is 12.4. The van der Waals surface area contributed by atoms with E-state index in [2.05, 4.69) is 5.32 Å². The minimum atomic E-state index is -1.18. The summed E-state index contributed by atoms with van der Waals surface area (Å²) in [6, 6.07) is 8.86. The van der Waals surface area contributed by atoms with Gasteiger partial charge in [-0.25, -0.2) is 13.6 Å². The van der Waals surface area contributed by atoms with Crippen LogP contribution in [0.5, 0.6) is 0 Å². The van der Waals surface area contributed by atoms with Gasteiger partial charge in [-0.15, -0.1) is 0 Å². The lowest BCUT2D eigenvalue weighted by molar-refractivity contribution is -0.125. The molecule has 0 radical (unpaired) electrons. The van der Waals surface area contributed by atoms with E-state index in [0.717, 1.165) is 12.1 Å². The SMILES string of the molecule is O=C(O)c1ccc(NC(=O)C2(c3ccc(F)cc3F)CCOCC2)cc1. The molecular formula is C19H17F2NO4. The van der Waals surface area contributed by atoms with Gasteiger partial charge in [-0.3, -0.25) is 4.79 Å². The van der Waals surface area contributed by atoms with E-state index in [4.69, 9.17) is 9.84 Å². The molecule has 0 aliphatic carbocycles. The third kappa shape index (κ3) is 3.43. The number of amides is 1. The zero-order valence-electron chi connectivity index (χ0n) is 13.8. The summed E-state index contributed by atoms with van der Waals surface area (Å²) in [4.78, 5) is 23.9. The van der Waals surface area contributed by atoms with Crippen molar-refractivity contribution in [3.8, 4) is 0 Å². The molecule has 1 aliphatic heterocycles. The lowest BCUT2D eigenvalue weighted by Crippen LogP contribution is -2.45. The van der Waals surface area contributed by atoms with Gasteiger partial charge < -0.3 is 15.2 Å². The van der Waals surface area contributed by atoms with Crippen LogP contribution in [-0.4, -0.2) is 30.2 Å². The molecule has 136 valence electrons. The second-order valence-electron chi connectivity index (χ2n) is 6.16. The monoisotopic (exact) mass is 361 g/mol. The molecule has 0 saturated carbocycles. The van der Waals surface area contributed by atoms with Crippen LogP contribution < -0.4 is 5.32 Å². The molecule has 1 heterocycles. The van der Waals surface area contributed by atoms with E-state index in [1.807, 2.05) is 0 Å². The number of rotatable bonds is 4. The summed E-state index contributed by atoms with van der Waals surface area (Å²) >= 11 is 0. The molecule has 26 heavy (non-hydrogen) atoms. The third-order valence-corrected chi connectivity index (χ3v) is 4.62. The molecular weight excluding hydrogens is 344 g/mol. The highest BCUT2D eigenvalue weighted by molar-refractivity contribution is 5.99. The van der Waals surface area contributed by atoms with Crippen molar-refractivity contribution in [2.24, 2.45) is 0 Å². The van der Waals surface area contributed by atoms with Crippen molar-refractivity contribution in [2.75, 3.05) is 18.5 Å². The molecule has 0 bridgehead atoms. The van der Waals surface area contributed by atoms with Crippen molar-refractivity contribution in [1.29, 1.82) is 0 Å². The van der Waals surface area contributed by atoms with Gasteiger partial charge in [0.2, 0.25) is 5.91 Å². The second kappa shape index (κ2) is 7.21. The summed E-state index contributed by atoms with van der Waals surface area (Å²) in [5, 5.41) is 11.6. The molecule has 0 atom stereocenters. The van der Waals surface area contributed by atoms with Crippen LogP contribution in [0, 0.1) is 11.6 Å². The van der Waals surface area contributed by atoms with E-state index in [9.17, 15) is 18.4 Å². The van der Waals surface area contributed by atoms with Crippen molar-refractivity contribution in [3.63, 3.8) is 0 Å². The zero-order valence-corrected chi connectivity index (χ0v) is 13.8. The van der Waals surface area contributed by atoms with Crippen LogP contribution in [-0.2, 0) is 14.9 Å². The first-order valence-electron chi connectivity index (χ1n) is 8.10. The Morgan fingerprint density at radius 2 is 1.69 bits per heavy atom. The average Bonchev–Trinajstić information content (AvgIpc) is 2.62. The molecule has 0 unspecified atom stereocenters. The van der Waals surface area contributed by atoms with Gasteiger partial charge in [-0.1, -0.05) is 6.07 Å². The maximum absolute atomic E-state index is 14.4. The van der Waals surface area contributed by atoms with Gasteiger partial charge in [0, 0.05) is 30.5 Å². The predicted octanol–water partition coefficient (Wildman–Crippen LogP) is 3.35. The van der Waals surface area contributed by atoms with Crippen LogP contribution in [0.25, 0.3) is 0 Å². The summed E-state index contributed by atoms with van der Waals surface area (Å²) in [6.45, 7) is 0.560. The van der Waals surface area contributed by atoms with Crippen molar-refractivity contribution in [2.45, 2.75) is 18.3 Å². The maximum Gasteiger partial charge on any atom is 0.335 e. The number of carboxylic acids is 1. The molecule has 1 saturated heterocycles. The topological polar surface area (TPSA) is 75.6 Å². The minimum absolute atomic E-state index is 0.0911. The van der Waals surface area contributed by atoms with Gasteiger partial charge in [-0.2, -0.15) is 0 Å². The standard InChI is InChI=1S/C19H17F2NO4/c20-13-3-6-15(16(21)11-13)19(7-9-26-10-8-19)18(25)22-14-4-1-12(2-5-14)17(23)24/h1-6,11H,7-10H2,(H,22,25)(H,23,24). The number of carbonyl (C=O) groups excluding carboxylic acids is 1. The van der Waals surface area contributed by atoms with Crippen molar-refractivity contribution < 1.29 is 28.2 Å². The Labute approximate surface area is 148 Å². The lowest BCUT2D eigenvalue weighted by atomic mass is 9.73. The Balaban J connectivity index is 1.92.